The van der Waals surface area contributed by atoms with Crippen molar-refractivity contribution in [2.24, 2.45) is 0 Å². The monoisotopic (exact) mass is 326 g/mol. The Kier molecular flexibility index (Phi) is 4.88. The minimum absolute atomic E-state index is 0.0145. The van der Waals surface area contributed by atoms with Gasteiger partial charge >= 0.3 is 6.03 Å². The molecule has 0 unspecified atom stereocenters. The van der Waals surface area contributed by atoms with Crippen LogP contribution in [-0.4, -0.2) is 27.3 Å². The molecule has 3 rings (SSSR count). The number of hydrogen-bond acceptors (Lipinski definition) is 2. The van der Waals surface area contributed by atoms with Crippen molar-refractivity contribution in [3.63, 3.8) is 0 Å². The molecular weight excluding hydrogens is 300 g/mol. The Balaban J connectivity index is 1.57. The average Bonchev–Trinajstić information content (AvgIpc) is 3.08. The van der Waals surface area contributed by atoms with E-state index in [0.717, 1.165) is 25.1 Å². The maximum absolute atomic E-state index is 12.4. The van der Waals surface area contributed by atoms with Gasteiger partial charge < -0.3 is 10.2 Å². The molecule has 0 fully saturated rings. The first-order valence-electron chi connectivity index (χ1n) is 8.74. The molecule has 1 aliphatic heterocycles. The quantitative estimate of drug-likeness (QED) is 0.937. The molecule has 0 bridgehead atoms. The summed E-state index contributed by atoms with van der Waals surface area (Å²) >= 11 is 0. The number of fused-ring (bicyclic) bond motifs is 1. The normalized spacial score (nSPS) is 13.9. The molecule has 5 nitrogen and oxygen atoms in total. The summed E-state index contributed by atoms with van der Waals surface area (Å²) < 4.78 is 1.91. The molecular formula is C19H26N4O. The predicted molar refractivity (Wildman–Crippen MR) is 94.8 cm³/mol. The number of nitrogens with one attached hydrogen (secondary N) is 1. The maximum atomic E-state index is 12.4. The van der Waals surface area contributed by atoms with Crippen molar-refractivity contribution in [1.29, 1.82) is 0 Å². The molecule has 0 spiro atoms. The highest BCUT2D eigenvalue weighted by atomic mass is 16.2. The smallest absolute Gasteiger partial charge is 0.318 e. The van der Waals surface area contributed by atoms with Crippen molar-refractivity contribution in [2.75, 3.05) is 6.54 Å². The summed E-state index contributed by atoms with van der Waals surface area (Å²) in [4.78, 5) is 14.3. The van der Waals surface area contributed by atoms with Crippen LogP contribution in [0.3, 0.4) is 0 Å². The molecule has 0 saturated carbocycles. The number of nitrogens with zero attached hydrogens (tertiary/aromatic N) is 3. The van der Waals surface area contributed by atoms with Crippen molar-refractivity contribution in [3.8, 4) is 0 Å². The predicted octanol–water partition coefficient (Wildman–Crippen LogP) is 3.29. The number of aryl methyl sites for hydroxylation is 1. The Morgan fingerprint density at radius 3 is 2.83 bits per heavy atom. The van der Waals surface area contributed by atoms with Crippen molar-refractivity contribution in [2.45, 2.75) is 52.7 Å². The molecule has 0 radical (unpaired) electrons. The fourth-order valence-electron chi connectivity index (χ4n) is 3.04. The fraction of sp³-hybridized carbons (Fsp3) is 0.474. The van der Waals surface area contributed by atoms with Gasteiger partial charge in [-0.15, -0.1) is 0 Å². The van der Waals surface area contributed by atoms with Gasteiger partial charge in [-0.25, -0.2) is 4.79 Å². The number of aromatic nitrogens is 2. The van der Waals surface area contributed by atoms with Gasteiger partial charge in [0.15, 0.2) is 0 Å². The summed E-state index contributed by atoms with van der Waals surface area (Å²) in [6, 6.07) is 8.89. The van der Waals surface area contributed by atoms with Gasteiger partial charge in [-0.1, -0.05) is 25.1 Å². The minimum atomic E-state index is -0.0145. The summed E-state index contributed by atoms with van der Waals surface area (Å²) in [6.07, 6.45) is 3.94. The van der Waals surface area contributed by atoms with E-state index in [-0.39, 0.29) is 6.03 Å². The third-order valence-corrected chi connectivity index (χ3v) is 4.59. The molecule has 2 heterocycles. The van der Waals surface area contributed by atoms with E-state index in [0.29, 0.717) is 19.1 Å². The van der Waals surface area contributed by atoms with Gasteiger partial charge in [-0.3, -0.25) is 4.68 Å². The Morgan fingerprint density at radius 2 is 2.12 bits per heavy atom. The van der Waals surface area contributed by atoms with E-state index in [1.807, 2.05) is 21.8 Å². The molecule has 0 atom stereocenters. The molecule has 1 aromatic heterocycles. The lowest BCUT2D eigenvalue weighted by Crippen LogP contribution is -2.42. The summed E-state index contributed by atoms with van der Waals surface area (Å²) in [5, 5.41) is 7.45. The topological polar surface area (TPSA) is 50.2 Å². The highest BCUT2D eigenvalue weighted by Crippen LogP contribution is 2.20. The second-order valence-corrected chi connectivity index (χ2v) is 6.67. The van der Waals surface area contributed by atoms with E-state index >= 15 is 0 Å². The van der Waals surface area contributed by atoms with Gasteiger partial charge in [0.05, 0.1) is 12.2 Å². The van der Waals surface area contributed by atoms with Crippen LogP contribution in [0.2, 0.25) is 0 Å². The van der Waals surface area contributed by atoms with Gasteiger partial charge in [-0.05, 0) is 49.4 Å². The van der Waals surface area contributed by atoms with Crippen LogP contribution >= 0.6 is 0 Å². The number of carbonyl (C=O) groups excluding carboxylic acids is 1. The van der Waals surface area contributed by atoms with Crippen LogP contribution in [0.15, 0.2) is 30.5 Å². The summed E-state index contributed by atoms with van der Waals surface area (Å²) in [7, 11) is 0. The van der Waals surface area contributed by atoms with Gasteiger partial charge in [0.25, 0.3) is 0 Å². The lowest BCUT2D eigenvalue weighted by Gasteiger charge is -2.29. The molecule has 128 valence electrons. The van der Waals surface area contributed by atoms with Crippen LogP contribution in [0, 0.1) is 0 Å². The first-order valence-corrected chi connectivity index (χ1v) is 8.74. The van der Waals surface area contributed by atoms with Crippen LogP contribution in [0.4, 0.5) is 4.79 Å². The number of carbonyl (C=O) groups is 1. The van der Waals surface area contributed by atoms with E-state index in [9.17, 15) is 4.79 Å². The number of amides is 2. The zero-order valence-electron chi connectivity index (χ0n) is 14.7. The molecule has 2 amide bonds. The van der Waals surface area contributed by atoms with Crippen molar-refractivity contribution in [1.82, 2.24) is 20.0 Å². The van der Waals surface area contributed by atoms with Crippen LogP contribution in [0.1, 0.15) is 49.2 Å². The lowest BCUT2D eigenvalue weighted by molar-refractivity contribution is 0.191. The number of urea groups is 1. The largest absolute Gasteiger partial charge is 0.332 e. The molecule has 5 heteroatoms. The maximum Gasteiger partial charge on any atom is 0.318 e. The van der Waals surface area contributed by atoms with Crippen molar-refractivity contribution >= 4 is 6.03 Å². The van der Waals surface area contributed by atoms with Crippen LogP contribution in [0.25, 0.3) is 0 Å². The second-order valence-electron chi connectivity index (χ2n) is 6.67. The Bertz CT molecular complexity index is 720. The van der Waals surface area contributed by atoms with Gasteiger partial charge in [0, 0.05) is 25.3 Å². The first-order chi connectivity index (χ1) is 11.6. The number of hydrogen-bond donors (Lipinski definition) is 1. The van der Waals surface area contributed by atoms with E-state index < -0.39 is 0 Å². The Labute approximate surface area is 143 Å². The molecule has 0 aliphatic carbocycles. The highest BCUT2D eigenvalue weighted by Gasteiger charge is 2.20. The zero-order valence-corrected chi connectivity index (χ0v) is 14.7. The van der Waals surface area contributed by atoms with E-state index in [4.69, 9.17) is 0 Å². The Morgan fingerprint density at radius 1 is 1.29 bits per heavy atom. The van der Waals surface area contributed by atoms with E-state index in [1.165, 1.54) is 16.7 Å². The van der Waals surface area contributed by atoms with E-state index in [1.54, 1.807) is 0 Å². The minimum Gasteiger partial charge on any atom is -0.332 e. The standard InChI is InChI=1S/C19H26N4O/c1-4-15-5-6-17-13-22(9-7-16(17)11-15)19(24)20-12-18-8-10-23(21-18)14(2)3/h5-6,8,10-11,14H,4,7,9,12-13H2,1-3H3,(H,20,24). The lowest BCUT2D eigenvalue weighted by atomic mass is 9.97. The first kappa shape index (κ1) is 16.6. The van der Waals surface area contributed by atoms with Crippen molar-refractivity contribution < 1.29 is 4.79 Å². The highest BCUT2D eigenvalue weighted by molar-refractivity contribution is 5.74. The SMILES string of the molecule is CCc1ccc2c(c1)CCN(C(=O)NCc1ccn(C(C)C)n1)C2. The second kappa shape index (κ2) is 7.07. The molecule has 24 heavy (non-hydrogen) atoms. The summed E-state index contributed by atoms with van der Waals surface area (Å²) in [6.45, 7) is 8.27. The Hall–Kier alpha value is -2.30. The molecule has 1 aliphatic rings. The molecule has 0 saturated heterocycles. The number of rotatable bonds is 4. The van der Waals surface area contributed by atoms with Crippen LogP contribution in [0.5, 0.6) is 0 Å². The molecule has 2 aromatic rings. The van der Waals surface area contributed by atoms with Gasteiger partial charge in [-0.2, -0.15) is 5.10 Å². The molecule has 1 N–H and O–H groups in total. The summed E-state index contributed by atoms with van der Waals surface area (Å²) in [5.41, 5.74) is 4.90. The third-order valence-electron chi connectivity index (χ3n) is 4.59. The fourth-order valence-corrected chi connectivity index (χ4v) is 3.04. The van der Waals surface area contributed by atoms with Crippen LogP contribution < -0.4 is 5.32 Å². The van der Waals surface area contributed by atoms with Gasteiger partial charge in [0.1, 0.15) is 0 Å². The van der Waals surface area contributed by atoms with Crippen LogP contribution in [-0.2, 0) is 25.9 Å². The third kappa shape index (κ3) is 3.61. The molecule has 1 aromatic carbocycles. The average molecular weight is 326 g/mol. The van der Waals surface area contributed by atoms with E-state index in [2.05, 4.69) is 49.4 Å². The van der Waals surface area contributed by atoms with Gasteiger partial charge in [0.2, 0.25) is 0 Å². The van der Waals surface area contributed by atoms with Crippen molar-refractivity contribution in [3.05, 3.63) is 52.8 Å². The zero-order chi connectivity index (χ0) is 17.1. The number of benzene rings is 1. The summed E-state index contributed by atoms with van der Waals surface area (Å²) in [5.74, 6) is 0.